The summed E-state index contributed by atoms with van der Waals surface area (Å²) in [4.78, 5) is 8.48. The molecule has 1 aromatic heterocycles. The number of nitriles is 1. The van der Waals surface area contributed by atoms with E-state index < -0.39 is 11.6 Å². The molecule has 24 heavy (non-hydrogen) atoms. The number of nitrogens with zero attached hydrogens (tertiary/aromatic N) is 3. The molecule has 0 saturated heterocycles. The van der Waals surface area contributed by atoms with Crippen LogP contribution in [0.1, 0.15) is 23.2 Å². The Kier molecular flexibility index (Phi) is 5.02. The summed E-state index contributed by atoms with van der Waals surface area (Å²) in [5.74, 6) is -0.655. The molecule has 0 unspecified atom stereocenters. The SMILES string of the molecule is N#Cc1ccc(CSc2nc(C3=CCN=CC3)ccc2F)c(F)c1. The molecule has 0 aliphatic carbocycles. The summed E-state index contributed by atoms with van der Waals surface area (Å²) in [7, 11) is 0. The van der Waals surface area contributed by atoms with Crippen LogP contribution in [0.25, 0.3) is 5.57 Å². The Morgan fingerprint density at radius 2 is 2.04 bits per heavy atom. The van der Waals surface area contributed by atoms with Crippen molar-refractivity contribution in [3.63, 3.8) is 0 Å². The number of benzene rings is 1. The van der Waals surface area contributed by atoms with Gasteiger partial charge in [0.2, 0.25) is 0 Å². The molecule has 3 rings (SSSR count). The molecular formula is C18H13F2N3S. The van der Waals surface area contributed by atoms with Crippen LogP contribution in [0.3, 0.4) is 0 Å². The third-order valence-corrected chi connectivity index (χ3v) is 4.59. The molecule has 0 radical (unpaired) electrons. The van der Waals surface area contributed by atoms with E-state index in [9.17, 15) is 8.78 Å². The van der Waals surface area contributed by atoms with E-state index in [1.807, 2.05) is 18.4 Å². The van der Waals surface area contributed by atoms with Crippen molar-refractivity contribution in [1.29, 1.82) is 5.26 Å². The van der Waals surface area contributed by atoms with Crippen LogP contribution in [-0.2, 0) is 5.75 Å². The fourth-order valence-corrected chi connectivity index (χ4v) is 3.17. The Balaban J connectivity index is 1.78. The van der Waals surface area contributed by atoms with Gasteiger partial charge in [0.1, 0.15) is 10.8 Å². The third-order valence-electron chi connectivity index (χ3n) is 3.57. The van der Waals surface area contributed by atoms with E-state index in [0.29, 0.717) is 24.2 Å². The lowest BCUT2D eigenvalue weighted by atomic mass is 10.1. The predicted octanol–water partition coefficient (Wildman–Crippen LogP) is 4.38. The zero-order valence-electron chi connectivity index (χ0n) is 12.7. The molecule has 1 aliphatic heterocycles. The number of aliphatic imine (C=N–C) groups is 1. The number of thioether (sulfide) groups is 1. The molecule has 2 heterocycles. The summed E-state index contributed by atoms with van der Waals surface area (Å²) in [6.45, 7) is 0.604. The van der Waals surface area contributed by atoms with Gasteiger partial charge in [-0.1, -0.05) is 23.9 Å². The molecule has 2 aromatic rings. The summed E-state index contributed by atoms with van der Waals surface area (Å²) in [5, 5.41) is 8.99. The first kappa shape index (κ1) is 16.3. The van der Waals surface area contributed by atoms with Crippen molar-refractivity contribution < 1.29 is 8.78 Å². The molecule has 6 heteroatoms. The maximum absolute atomic E-state index is 14.0. The average Bonchev–Trinajstić information content (AvgIpc) is 2.62. The van der Waals surface area contributed by atoms with Crippen LogP contribution in [0.5, 0.6) is 0 Å². The summed E-state index contributed by atoms with van der Waals surface area (Å²) in [6.07, 6.45) is 4.46. The van der Waals surface area contributed by atoms with E-state index in [2.05, 4.69) is 9.98 Å². The molecule has 0 spiro atoms. The van der Waals surface area contributed by atoms with Crippen molar-refractivity contribution in [3.05, 3.63) is 64.9 Å². The maximum Gasteiger partial charge on any atom is 0.155 e. The Labute approximate surface area is 142 Å². The summed E-state index contributed by atoms with van der Waals surface area (Å²) in [5.41, 5.74) is 2.40. The number of hydrogen-bond donors (Lipinski definition) is 0. The molecule has 3 nitrogen and oxygen atoms in total. The highest BCUT2D eigenvalue weighted by Crippen LogP contribution is 2.28. The largest absolute Gasteiger partial charge is 0.293 e. The normalized spacial score (nSPS) is 13.5. The number of halogens is 2. The van der Waals surface area contributed by atoms with Gasteiger partial charge in [0.15, 0.2) is 5.82 Å². The number of dihydropyridines is 1. The summed E-state index contributed by atoms with van der Waals surface area (Å²) < 4.78 is 27.9. The van der Waals surface area contributed by atoms with Crippen molar-refractivity contribution in [3.8, 4) is 6.07 Å². The maximum atomic E-state index is 14.0. The first-order valence-corrected chi connectivity index (χ1v) is 8.31. The minimum atomic E-state index is -0.468. The molecule has 0 bridgehead atoms. The minimum absolute atomic E-state index is 0.236. The fraction of sp³-hybridized carbons (Fsp3) is 0.167. The van der Waals surface area contributed by atoms with Gasteiger partial charge in [0.05, 0.1) is 23.9 Å². The van der Waals surface area contributed by atoms with Crippen LogP contribution in [-0.4, -0.2) is 17.7 Å². The zero-order valence-corrected chi connectivity index (χ0v) is 13.5. The van der Waals surface area contributed by atoms with Gasteiger partial charge in [-0.3, -0.25) is 4.99 Å². The smallest absolute Gasteiger partial charge is 0.155 e. The van der Waals surface area contributed by atoms with E-state index >= 15 is 0 Å². The second-order valence-electron chi connectivity index (χ2n) is 5.17. The van der Waals surface area contributed by atoms with Crippen LogP contribution < -0.4 is 0 Å². The topological polar surface area (TPSA) is 49.0 Å². The van der Waals surface area contributed by atoms with Crippen LogP contribution in [0.4, 0.5) is 8.78 Å². The minimum Gasteiger partial charge on any atom is -0.293 e. The number of aromatic nitrogens is 1. The van der Waals surface area contributed by atoms with Crippen LogP contribution >= 0.6 is 11.8 Å². The van der Waals surface area contributed by atoms with E-state index in [1.54, 1.807) is 18.2 Å². The molecule has 0 fully saturated rings. The molecular weight excluding hydrogens is 328 g/mol. The molecule has 0 amide bonds. The standard InChI is InChI=1S/C18H13F2N3S/c19-15-3-4-17(13-5-7-22-8-6-13)23-18(15)24-11-14-2-1-12(10-21)9-16(14)20/h1-5,8-9H,6-7,11H2. The number of pyridine rings is 1. The van der Waals surface area contributed by atoms with Gasteiger partial charge < -0.3 is 0 Å². The first-order chi connectivity index (χ1) is 11.7. The van der Waals surface area contributed by atoms with Crippen molar-refractivity contribution in [1.82, 2.24) is 4.98 Å². The molecule has 1 aromatic carbocycles. The lowest BCUT2D eigenvalue weighted by Gasteiger charge is -2.10. The molecule has 120 valence electrons. The highest BCUT2D eigenvalue weighted by atomic mass is 32.2. The van der Waals surface area contributed by atoms with E-state index in [0.717, 1.165) is 17.3 Å². The van der Waals surface area contributed by atoms with Crippen molar-refractivity contribution in [2.24, 2.45) is 4.99 Å². The summed E-state index contributed by atoms with van der Waals surface area (Å²) >= 11 is 1.14. The lowest BCUT2D eigenvalue weighted by molar-refractivity contribution is 0.586. The molecule has 1 aliphatic rings. The monoisotopic (exact) mass is 341 g/mol. The van der Waals surface area contributed by atoms with Gasteiger partial charge in [-0.15, -0.1) is 0 Å². The van der Waals surface area contributed by atoms with Gasteiger partial charge in [-0.2, -0.15) is 5.26 Å². The Bertz CT molecular complexity index is 869. The van der Waals surface area contributed by atoms with Crippen LogP contribution in [0, 0.1) is 23.0 Å². The molecule has 0 atom stereocenters. The third kappa shape index (κ3) is 3.69. The van der Waals surface area contributed by atoms with Crippen molar-refractivity contribution >= 4 is 23.5 Å². The number of rotatable bonds is 4. The Hall–Kier alpha value is -2.52. The second kappa shape index (κ2) is 7.37. The van der Waals surface area contributed by atoms with Gasteiger partial charge in [-0.05, 0) is 35.4 Å². The fourth-order valence-electron chi connectivity index (χ4n) is 2.28. The Morgan fingerprint density at radius 1 is 1.17 bits per heavy atom. The van der Waals surface area contributed by atoms with Gasteiger partial charge >= 0.3 is 0 Å². The number of allylic oxidation sites excluding steroid dienone is 1. The predicted molar refractivity (Wildman–Crippen MR) is 90.8 cm³/mol. The highest BCUT2D eigenvalue weighted by molar-refractivity contribution is 7.98. The van der Waals surface area contributed by atoms with Crippen LogP contribution in [0.2, 0.25) is 0 Å². The Morgan fingerprint density at radius 3 is 2.75 bits per heavy atom. The van der Waals surface area contributed by atoms with Crippen LogP contribution in [0.15, 0.2) is 46.4 Å². The second-order valence-corrected chi connectivity index (χ2v) is 6.14. The van der Waals surface area contributed by atoms with E-state index in [-0.39, 0.29) is 16.3 Å². The quantitative estimate of drug-likeness (QED) is 0.775. The first-order valence-electron chi connectivity index (χ1n) is 7.33. The van der Waals surface area contributed by atoms with Gasteiger partial charge in [0.25, 0.3) is 0 Å². The lowest BCUT2D eigenvalue weighted by Crippen LogP contribution is -1.99. The summed E-state index contributed by atoms with van der Waals surface area (Å²) in [6, 6.07) is 9.19. The molecule has 0 saturated carbocycles. The van der Waals surface area contributed by atoms with Gasteiger partial charge in [-0.25, -0.2) is 13.8 Å². The van der Waals surface area contributed by atoms with Crippen molar-refractivity contribution in [2.45, 2.75) is 17.2 Å². The van der Waals surface area contributed by atoms with E-state index in [1.165, 1.54) is 12.1 Å². The van der Waals surface area contributed by atoms with Crippen molar-refractivity contribution in [2.75, 3.05) is 6.54 Å². The zero-order chi connectivity index (χ0) is 16.9. The van der Waals surface area contributed by atoms with E-state index in [4.69, 9.17) is 5.26 Å². The number of hydrogen-bond acceptors (Lipinski definition) is 4. The highest BCUT2D eigenvalue weighted by Gasteiger charge is 2.12. The van der Waals surface area contributed by atoms with Gasteiger partial charge in [0, 0.05) is 18.4 Å². The average molecular weight is 341 g/mol. The molecule has 0 N–H and O–H groups in total.